The minimum absolute atomic E-state index is 0.502. The van der Waals surface area contributed by atoms with Gasteiger partial charge in [0.15, 0.2) is 0 Å². The molecule has 0 aliphatic rings. The zero-order valence-electron chi connectivity index (χ0n) is 12.5. The molecule has 0 saturated carbocycles. The summed E-state index contributed by atoms with van der Waals surface area (Å²) in [4.78, 5) is 4.89. The quantitative estimate of drug-likeness (QED) is 0.835. The van der Waals surface area contributed by atoms with E-state index in [1.54, 1.807) is 0 Å². The van der Waals surface area contributed by atoms with Gasteiger partial charge in [-0.3, -0.25) is 4.98 Å². The van der Waals surface area contributed by atoms with E-state index in [4.69, 9.17) is 4.98 Å². The lowest BCUT2D eigenvalue weighted by Gasteiger charge is -2.14. The number of nitrogens with zero attached hydrogens (tertiary/aromatic N) is 1. The number of rotatable bonds is 5. The van der Waals surface area contributed by atoms with Crippen LogP contribution < -0.4 is 5.32 Å². The van der Waals surface area contributed by atoms with Crippen LogP contribution in [-0.2, 0) is 6.42 Å². The number of anilines is 1. The van der Waals surface area contributed by atoms with Crippen LogP contribution in [0.5, 0.6) is 0 Å². The van der Waals surface area contributed by atoms with Gasteiger partial charge in [-0.05, 0) is 30.9 Å². The molecule has 0 spiro atoms. The molecule has 0 aliphatic carbocycles. The van der Waals surface area contributed by atoms with Crippen molar-refractivity contribution >= 4 is 16.6 Å². The van der Waals surface area contributed by atoms with E-state index in [0.717, 1.165) is 19.4 Å². The summed E-state index contributed by atoms with van der Waals surface area (Å²) in [5.74, 6) is 0.502. The normalized spacial score (nSPS) is 11.2. The molecule has 2 rings (SSSR count). The minimum atomic E-state index is 0.502. The monoisotopic (exact) mass is 256 g/mol. The molecule has 0 amide bonds. The van der Waals surface area contributed by atoms with Crippen LogP contribution >= 0.6 is 0 Å². The predicted molar refractivity (Wildman–Crippen MR) is 84.0 cm³/mol. The van der Waals surface area contributed by atoms with Crippen molar-refractivity contribution in [1.29, 1.82) is 0 Å². The maximum atomic E-state index is 4.89. The Balaban J connectivity index is 2.67. The number of aromatic nitrogens is 1. The number of hydrogen-bond acceptors (Lipinski definition) is 2. The van der Waals surface area contributed by atoms with Crippen molar-refractivity contribution in [3.05, 3.63) is 35.5 Å². The second kappa shape index (κ2) is 6.05. The molecule has 0 saturated heterocycles. The average Bonchev–Trinajstić information content (AvgIpc) is 2.38. The molecule has 1 heterocycles. The van der Waals surface area contributed by atoms with Gasteiger partial charge in [0.1, 0.15) is 0 Å². The number of benzene rings is 1. The lowest BCUT2D eigenvalue weighted by atomic mass is 9.98. The Bertz CT molecular complexity index is 558. The molecular weight excluding hydrogens is 232 g/mol. The van der Waals surface area contributed by atoms with Gasteiger partial charge in [-0.15, -0.1) is 0 Å². The molecule has 19 heavy (non-hydrogen) atoms. The summed E-state index contributed by atoms with van der Waals surface area (Å²) in [5.41, 5.74) is 4.92. The molecule has 1 aromatic carbocycles. The zero-order valence-corrected chi connectivity index (χ0v) is 12.5. The van der Waals surface area contributed by atoms with Crippen molar-refractivity contribution in [2.24, 2.45) is 0 Å². The molecule has 0 radical (unpaired) electrons. The van der Waals surface area contributed by atoms with Crippen molar-refractivity contribution in [2.45, 2.75) is 46.5 Å². The van der Waals surface area contributed by atoms with Crippen molar-refractivity contribution in [3.63, 3.8) is 0 Å². The molecule has 102 valence electrons. The third-order valence-electron chi connectivity index (χ3n) is 3.42. The highest BCUT2D eigenvalue weighted by Gasteiger charge is 2.10. The summed E-state index contributed by atoms with van der Waals surface area (Å²) in [7, 11) is 0. The van der Waals surface area contributed by atoms with Crippen LogP contribution in [0.3, 0.4) is 0 Å². The molecule has 0 atom stereocenters. The summed E-state index contributed by atoms with van der Waals surface area (Å²) in [6.45, 7) is 9.74. The first kappa shape index (κ1) is 13.9. The standard InChI is InChI=1S/C17H24N2/c1-5-8-13-11-16(18-6-2)15-10-7-9-14(12(3)4)17(15)19-13/h7,9-12H,5-6,8H2,1-4H3,(H,18,19). The molecule has 1 aromatic heterocycles. The Morgan fingerprint density at radius 2 is 2.00 bits per heavy atom. The topological polar surface area (TPSA) is 24.9 Å². The highest BCUT2D eigenvalue weighted by molar-refractivity contribution is 5.93. The second-order valence-corrected chi connectivity index (χ2v) is 5.34. The van der Waals surface area contributed by atoms with Gasteiger partial charge in [0.2, 0.25) is 0 Å². The summed E-state index contributed by atoms with van der Waals surface area (Å²) in [6.07, 6.45) is 2.18. The van der Waals surface area contributed by atoms with Gasteiger partial charge in [0, 0.05) is 23.3 Å². The largest absolute Gasteiger partial charge is 0.385 e. The van der Waals surface area contributed by atoms with Crippen LogP contribution in [0.25, 0.3) is 10.9 Å². The van der Waals surface area contributed by atoms with Crippen molar-refractivity contribution in [1.82, 2.24) is 4.98 Å². The zero-order chi connectivity index (χ0) is 13.8. The third kappa shape index (κ3) is 2.89. The van der Waals surface area contributed by atoms with E-state index in [1.807, 2.05) is 0 Å². The fraction of sp³-hybridized carbons (Fsp3) is 0.471. The highest BCUT2D eigenvalue weighted by atomic mass is 14.9. The molecule has 2 nitrogen and oxygen atoms in total. The number of pyridine rings is 1. The van der Waals surface area contributed by atoms with Crippen LogP contribution in [0.15, 0.2) is 24.3 Å². The molecule has 1 N–H and O–H groups in total. The Morgan fingerprint density at radius 1 is 1.21 bits per heavy atom. The Kier molecular flexibility index (Phi) is 4.41. The summed E-state index contributed by atoms with van der Waals surface area (Å²) < 4.78 is 0. The average molecular weight is 256 g/mol. The number of hydrogen-bond donors (Lipinski definition) is 1. The van der Waals surface area contributed by atoms with E-state index in [9.17, 15) is 0 Å². The molecular formula is C17H24N2. The molecule has 0 aliphatic heterocycles. The Hall–Kier alpha value is -1.57. The molecule has 2 heteroatoms. The van der Waals surface area contributed by atoms with E-state index < -0.39 is 0 Å². The van der Waals surface area contributed by atoms with Gasteiger partial charge in [0.05, 0.1) is 5.52 Å². The number of fused-ring (bicyclic) bond motifs is 1. The number of nitrogens with one attached hydrogen (secondary N) is 1. The lowest BCUT2D eigenvalue weighted by Crippen LogP contribution is -2.02. The van der Waals surface area contributed by atoms with Crippen LogP contribution in [0.2, 0.25) is 0 Å². The first-order valence-corrected chi connectivity index (χ1v) is 7.33. The summed E-state index contributed by atoms with van der Waals surface area (Å²) >= 11 is 0. The van der Waals surface area contributed by atoms with Gasteiger partial charge in [-0.25, -0.2) is 0 Å². The van der Waals surface area contributed by atoms with E-state index in [0.29, 0.717) is 5.92 Å². The van der Waals surface area contributed by atoms with Gasteiger partial charge in [-0.1, -0.05) is 45.4 Å². The van der Waals surface area contributed by atoms with Crippen molar-refractivity contribution < 1.29 is 0 Å². The van der Waals surface area contributed by atoms with Crippen LogP contribution in [0.1, 0.15) is 51.3 Å². The highest BCUT2D eigenvalue weighted by Crippen LogP contribution is 2.29. The summed E-state index contributed by atoms with van der Waals surface area (Å²) in [5, 5.41) is 4.72. The first-order valence-electron chi connectivity index (χ1n) is 7.33. The smallest absolute Gasteiger partial charge is 0.0760 e. The van der Waals surface area contributed by atoms with Gasteiger partial charge < -0.3 is 5.32 Å². The molecule has 0 bridgehead atoms. The van der Waals surface area contributed by atoms with Crippen molar-refractivity contribution in [2.75, 3.05) is 11.9 Å². The van der Waals surface area contributed by atoms with Crippen LogP contribution in [-0.4, -0.2) is 11.5 Å². The SMILES string of the molecule is CCCc1cc(NCC)c2cccc(C(C)C)c2n1. The predicted octanol–water partition coefficient (Wildman–Crippen LogP) is 4.74. The maximum Gasteiger partial charge on any atom is 0.0760 e. The number of aryl methyl sites for hydroxylation is 1. The van der Waals surface area contributed by atoms with Gasteiger partial charge in [0.25, 0.3) is 0 Å². The fourth-order valence-corrected chi connectivity index (χ4v) is 2.51. The Morgan fingerprint density at radius 3 is 2.63 bits per heavy atom. The first-order chi connectivity index (χ1) is 9.17. The minimum Gasteiger partial charge on any atom is -0.385 e. The second-order valence-electron chi connectivity index (χ2n) is 5.34. The fourth-order valence-electron chi connectivity index (χ4n) is 2.51. The van der Waals surface area contributed by atoms with E-state index in [2.05, 4.69) is 57.3 Å². The van der Waals surface area contributed by atoms with E-state index >= 15 is 0 Å². The Labute approximate surface area is 116 Å². The third-order valence-corrected chi connectivity index (χ3v) is 3.42. The molecule has 2 aromatic rings. The van der Waals surface area contributed by atoms with Crippen LogP contribution in [0, 0.1) is 0 Å². The maximum absolute atomic E-state index is 4.89. The van der Waals surface area contributed by atoms with Crippen molar-refractivity contribution in [3.8, 4) is 0 Å². The van der Waals surface area contributed by atoms with E-state index in [-0.39, 0.29) is 0 Å². The van der Waals surface area contributed by atoms with E-state index in [1.165, 1.54) is 27.8 Å². The number of para-hydroxylation sites is 1. The van der Waals surface area contributed by atoms with Crippen LogP contribution in [0.4, 0.5) is 5.69 Å². The summed E-state index contributed by atoms with van der Waals surface area (Å²) in [6, 6.07) is 8.71. The molecule has 0 fully saturated rings. The van der Waals surface area contributed by atoms with Gasteiger partial charge in [-0.2, -0.15) is 0 Å². The molecule has 0 unspecified atom stereocenters. The van der Waals surface area contributed by atoms with Gasteiger partial charge >= 0.3 is 0 Å². The lowest BCUT2D eigenvalue weighted by molar-refractivity contribution is 0.862.